The fraction of sp³-hybridized carbons (Fsp3) is 0.286. The summed E-state index contributed by atoms with van der Waals surface area (Å²) in [6.07, 6.45) is 0. The topological polar surface area (TPSA) is 12.9 Å². The van der Waals surface area contributed by atoms with E-state index < -0.39 is 0 Å². The molecule has 0 atom stereocenters. The Morgan fingerprint density at radius 1 is 1.55 bits per heavy atom. The molecule has 0 spiro atoms. The van der Waals surface area contributed by atoms with Gasteiger partial charge in [-0.25, -0.2) is 4.39 Å². The summed E-state index contributed by atoms with van der Waals surface area (Å²) >= 11 is 3.23. The Bertz CT molecular complexity index is 240. The average Bonchev–Trinajstić information content (AvgIpc) is 1.95. The second-order valence-corrected chi connectivity index (χ2v) is 2.56. The van der Waals surface area contributed by atoms with Gasteiger partial charge in [0.15, 0.2) is 0 Å². The van der Waals surface area contributed by atoms with Crippen molar-refractivity contribution in [3.63, 3.8) is 0 Å². The van der Waals surface area contributed by atoms with Gasteiger partial charge >= 0.3 is 0 Å². The fourth-order valence-corrected chi connectivity index (χ4v) is 0.983. The predicted octanol–water partition coefficient (Wildman–Crippen LogP) is 3.00. The highest BCUT2D eigenvalue weighted by atomic mass is 79.9. The Hall–Kier alpha value is 0.0400. The molecule has 1 aromatic heterocycles. The summed E-state index contributed by atoms with van der Waals surface area (Å²) in [4.78, 5) is 3.97. The molecule has 1 aromatic rings. The summed E-state index contributed by atoms with van der Waals surface area (Å²) in [5, 5.41) is 0.675. The van der Waals surface area contributed by atoms with Crippen molar-refractivity contribution in [3.8, 4) is 0 Å². The van der Waals surface area contributed by atoms with E-state index in [1.165, 1.54) is 6.07 Å². The van der Waals surface area contributed by atoms with E-state index in [0.29, 0.717) is 11.0 Å². The van der Waals surface area contributed by atoms with E-state index in [-0.39, 0.29) is 22.8 Å². The molecule has 1 heterocycles. The molecule has 0 amide bonds. The number of pyridine rings is 1. The van der Waals surface area contributed by atoms with Gasteiger partial charge in [0.05, 0.1) is 11.4 Å². The molecule has 0 fully saturated rings. The molecular weight excluding hydrogens is 277 g/mol. The Balaban J connectivity index is 0.000001000. The van der Waals surface area contributed by atoms with Crippen molar-refractivity contribution in [2.75, 3.05) is 0 Å². The van der Waals surface area contributed by atoms with Gasteiger partial charge in [0.25, 0.3) is 0 Å². The molecule has 0 unspecified atom stereocenters. The maximum absolute atomic E-state index is 12.6. The summed E-state index contributed by atoms with van der Waals surface area (Å²) in [5.74, 6) is -0.246. The van der Waals surface area contributed by atoms with Gasteiger partial charge < -0.3 is 0 Å². The van der Waals surface area contributed by atoms with Crippen LogP contribution in [-0.2, 0) is 5.33 Å². The van der Waals surface area contributed by atoms with Crippen LogP contribution in [0.3, 0.4) is 0 Å². The third kappa shape index (κ3) is 2.87. The zero-order chi connectivity index (χ0) is 7.56. The molecule has 0 saturated heterocycles. The van der Waals surface area contributed by atoms with Gasteiger partial charge in [0.2, 0.25) is 0 Å². The minimum atomic E-state index is -0.246. The number of nitrogens with zero attached hydrogens (tertiary/aromatic N) is 1. The first-order valence-corrected chi connectivity index (χ1v) is 4.04. The molecule has 0 aromatic carbocycles. The lowest BCUT2D eigenvalue weighted by molar-refractivity contribution is 0.608. The third-order valence-corrected chi connectivity index (χ3v) is 1.79. The summed E-state index contributed by atoms with van der Waals surface area (Å²) < 4.78 is 12.6. The van der Waals surface area contributed by atoms with Gasteiger partial charge in [0.1, 0.15) is 5.82 Å². The van der Waals surface area contributed by atoms with Gasteiger partial charge in [0, 0.05) is 5.33 Å². The van der Waals surface area contributed by atoms with Crippen LogP contribution in [0.1, 0.15) is 11.4 Å². The van der Waals surface area contributed by atoms with Gasteiger partial charge in [-0.15, -0.1) is 17.0 Å². The van der Waals surface area contributed by atoms with E-state index in [2.05, 4.69) is 20.9 Å². The molecule has 0 aliphatic heterocycles. The van der Waals surface area contributed by atoms with Crippen LogP contribution in [0.5, 0.6) is 0 Å². The minimum Gasteiger partial charge on any atom is -0.254 e. The average molecular weight is 285 g/mol. The fourth-order valence-electron chi connectivity index (χ4n) is 0.670. The zero-order valence-electron chi connectivity index (χ0n) is 5.97. The first-order valence-electron chi connectivity index (χ1n) is 2.92. The lowest BCUT2D eigenvalue weighted by atomic mass is 10.3. The maximum atomic E-state index is 12.6. The second kappa shape index (κ2) is 4.83. The zero-order valence-corrected chi connectivity index (χ0v) is 9.27. The molecule has 1 nitrogen and oxygen atoms in total. The number of rotatable bonds is 1. The number of halogens is 3. The molecule has 1 rings (SSSR count). The van der Waals surface area contributed by atoms with Crippen LogP contribution >= 0.6 is 32.9 Å². The minimum absolute atomic E-state index is 0. The van der Waals surface area contributed by atoms with E-state index in [0.717, 1.165) is 5.69 Å². The Kier molecular flexibility index (Phi) is 4.84. The van der Waals surface area contributed by atoms with Gasteiger partial charge in [-0.3, -0.25) is 4.98 Å². The Labute approximate surface area is 83.9 Å². The molecule has 0 aliphatic rings. The molecule has 11 heavy (non-hydrogen) atoms. The normalized spacial score (nSPS) is 9.00. The highest BCUT2D eigenvalue weighted by Crippen LogP contribution is 2.06. The van der Waals surface area contributed by atoms with Crippen molar-refractivity contribution in [3.05, 3.63) is 29.3 Å². The van der Waals surface area contributed by atoms with Crippen molar-refractivity contribution < 1.29 is 4.39 Å². The highest BCUT2D eigenvalue weighted by molar-refractivity contribution is 9.08. The van der Waals surface area contributed by atoms with E-state index in [9.17, 15) is 4.39 Å². The third-order valence-electron chi connectivity index (χ3n) is 1.22. The maximum Gasteiger partial charge on any atom is 0.144 e. The quantitative estimate of drug-likeness (QED) is 0.723. The van der Waals surface area contributed by atoms with Crippen molar-refractivity contribution in [2.24, 2.45) is 0 Å². The summed E-state index contributed by atoms with van der Waals surface area (Å²) in [6.45, 7) is 1.65. The summed E-state index contributed by atoms with van der Waals surface area (Å²) in [5.41, 5.74) is 1.32. The van der Waals surface area contributed by atoms with E-state index in [4.69, 9.17) is 0 Å². The molecule has 0 bridgehead atoms. The number of hydrogen-bond acceptors (Lipinski definition) is 1. The number of aromatic nitrogens is 1. The van der Waals surface area contributed by atoms with Crippen molar-refractivity contribution in [1.82, 2.24) is 4.98 Å². The van der Waals surface area contributed by atoms with Crippen LogP contribution in [0.2, 0.25) is 0 Å². The first kappa shape index (κ1) is 11.0. The van der Waals surface area contributed by atoms with E-state index >= 15 is 0 Å². The largest absolute Gasteiger partial charge is 0.254 e. The molecule has 0 aliphatic carbocycles. The lowest BCUT2D eigenvalue weighted by Crippen LogP contribution is -1.91. The molecule has 0 saturated carbocycles. The van der Waals surface area contributed by atoms with Crippen LogP contribution in [-0.4, -0.2) is 4.98 Å². The van der Waals surface area contributed by atoms with E-state index in [1.807, 2.05) is 0 Å². The predicted molar refractivity (Wildman–Crippen MR) is 51.9 cm³/mol. The number of hydrogen-bond donors (Lipinski definition) is 0. The molecule has 62 valence electrons. The Morgan fingerprint density at radius 2 is 2.18 bits per heavy atom. The van der Waals surface area contributed by atoms with E-state index in [1.54, 1.807) is 13.0 Å². The van der Waals surface area contributed by atoms with Crippen LogP contribution in [0.4, 0.5) is 4.39 Å². The van der Waals surface area contributed by atoms with Crippen molar-refractivity contribution in [1.29, 1.82) is 0 Å². The van der Waals surface area contributed by atoms with Crippen LogP contribution in [0, 0.1) is 12.7 Å². The van der Waals surface area contributed by atoms with Gasteiger partial charge in [-0.1, -0.05) is 15.9 Å². The summed E-state index contributed by atoms with van der Waals surface area (Å²) in [6, 6.07) is 3.09. The van der Waals surface area contributed by atoms with Crippen molar-refractivity contribution >= 4 is 32.9 Å². The van der Waals surface area contributed by atoms with Crippen molar-refractivity contribution in [2.45, 2.75) is 12.3 Å². The monoisotopic (exact) mass is 283 g/mol. The van der Waals surface area contributed by atoms with Crippen LogP contribution in [0.25, 0.3) is 0 Å². The lowest BCUT2D eigenvalue weighted by Gasteiger charge is -1.96. The Morgan fingerprint density at radius 3 is 2.64 bits per heavy atom. The molecule has 4 heteroatoms. The first-order chi connectivity index (χ1) is 4.74. The molecular formula is C7H8Br2FN. The molecule has 0 N–H and O–H groups in total. The van der Waals surface area contributed by atoms with Gasteiger partial charge in [-0.05, 0) is 19.1 Å². The standard InChI is InChI=1S/C7H7BrFN.BrH/c1-5-7(9)3-2-6(4-8)10-5;/h2-3H,4H2,1H3;1H. The highest BCUT2D eigenvalue weighted by Gasteiger charge is 1.97. The van der Waals surface area contributed by atoms with Crippen LogP contribution < -0.4 is 0 Å². The SMILES string of the molecule is Br.Cc1nc(CBr)ccc1F. The second-order valence-electron chi connectivity index (χ2n) is 2.00. The smallest absolute Gasteiger partial charge is 0.144 e. The van der Waals surface area contributed by atoms with Crippen LogP contribution in [0.15, 0.2) is 12.1 Å². The van der Waals surface area contributed by atoms with Gasteiger partial charge in [-0.2, -0.15) is 0 Å². The number of alkyl halides is 1. The molecule has 0 radical (unpaired) electrons. The summed E-state index contributed by atoms with van der Waals surface area (Å²) in [7, 11) is 0. The number of aryl methyl sites for hydroxylation is 1.